The maximum Gasteiger partial charge on any atom is 0.415 e. The first-order chi connectivity index (χ1) is 8.84. The van der Waals surface area contributed by atoms with Crippen molar-refractivity contribution in [3.05, 3.63) is 41.7 Å². The van der Waals surface area contributed by atoms with Gasteiger partial charge in [0.1, 0.15) is 0 Å². The van der Waals surface area contributed by atoms with E-state index in [9.17, 15) is 8.78 Å². The first-order valence-corrected chi connectivity index (χ1v) is 6.59. The molecule has 19 heavy (non-hydrogen) atoms. The van der Waals surface area contributed by atoms with Crippen LogP contribution in [0.2, 0.25) is 0 Å². The number of anilines is 1. The number of benzene rings is 1. The van der Waals surface area contributed by atoms with Crippen molar-refractivity contribution in [2.24, 2.45) is 0 Å². The Bertz CT molecular complexity index is 467. The molecule has 0 amide bonds. The Labute approximate surface area is 113 Å². The molecule has 1 aliphatic rings. The van der Waals surface area contributed by atoms with Gasteiger partial charge in [-0.3, -0.25) is 4.90 Å². The van der Waals surface area contributed by atoms with Crippen LogP contribution in [0.3, 0.4) is 0 Å². The molecule has 0 spiro atoms. The van der Waals surface area contributed by atoms with Gasteiger partial charge in [-0.1, -0.05) is 45.9 Å². The highest BCUT2D eigenvalue weighted by Crippen LogP contribution is 2.40. The number of halogens is 2. The van der Waals surface area contributed by atoms with Crippen LogP contribution in [0.4, 0.5) is 14.5 Å². The quantitative estimate of drug-likeness (QED) is 0.817. The normalized spacial score (nSPS) is 17.4. The zero-order valence-corrected chi connectivity index (χ0v) is 11.7. The van der Waals surface area contributed by atoms with Gasteiger partial charge in [0.15, 0.2) is 0 Å². The molecule has 0 aromatic heterocycles. The van der Waals surface area contributed by atoms with Crippen molar-refractivity contribution in [3.8, 4) is 0 Å². The van der Waals surface area contributed by atoms with Crippen molar-refractivity contribution in [2.45, 2.75) is 45.7 Å². The molecule has 1 aromatic carbocycles. The van der Waals surface area contributed by atoms with E-state index in [0.29, 0.717) is 5.69 Å². The molecular weight excluding hydrogens is 246 g/mol. The van der Waals surface area contributed by atoms with Gasteiger partial charge in [-0.05, 0) is 23.0 Å². The zero-order chi connectivity index (χ0) is 14.2. The highest BCUT2D eigenvalue weighted by atomic mass is 19.3. The van der Waals surface area contributed by atoms with Gasteiger partial charge in [0.05, 0.1) is 5.69 Å². The van der Waals surface area contributed by atoms with Crippen LogP contribution in [0.15, 0.2) is 30.6 Å². The summed E-state index contributed by atoms with van der Waals surface area (Å²) >= 11 is 0. The third-order valence-corrected chi connectivity index (χ3v) is 3.37. The lowest BCUT2D eigenvalue weighted by atomic mass is 9.92. The SMILES string of the molecule is CC(C)c1cccc(C(C)C)c1N1C=CNC1(F)F. The second-order valence-electron chi connectivity index (χ2n) is 5.47. The second kappa shape index (κ2) is 4.83. The number of alkyl halides is 2. The Morgan fingerprint density at radius 1 is 1.05 bits per heavy atom. The van der Waals surface area contributed by atoms with E-state index in [1.165, 1.54) is 12.4 Å². The molecule has 1 heterocycles. The molecular formula is C15H20F2N2. The van der Waals surface area contributed by atoms with Gasteiger partial charge >= 0.3 is 6.17 Å². The number of para-hydroxylation sites is 1. The predicted octanol–water partition coefficient (Wildman–Crippen LogP) is 4.36. The fourth-order valence-corrected chi connectivity index (χ4v) is 2.38. The summed E-state index contributed by atoms with van der Waals surface area (Å²) in [7, 11) is 0. The highest BCUT2D eigenvalue weighted by Gasteiger charge is 2.41. The van der Waals surface area contributed by atoms with Crippen LogP contribution in [-0.4, -0.2) is 6.17 Å². The second-order valence-corrected chi connectivity index (χ2v) is 5.47. The Morgan fingerprint density at radius 3 is 1.95 bits per heavy atom. The Kier molecular flexibility index (Phi) is 3.52. The molecule has 2 rings (SSSR count). The van der Waals surface area contributed by atoms with Gasteiger partial charge in [0, 0.05) is 12.4 Å². The molecule has 104 valence electrons. The van der Waals surface area contributed by atoms with Gasteiger partial charge in [0.25, 0.3) is 0 Å². The van der Waals surface area contributed by atoms with Gasteiger partial charge in [-0.15, -0.1) is 0 Å². The van der Waals surface area contributed by atoms with Crippen molar-refractivity contribution in [1.29, 1.82) is 0 Å². The minimum absolute atomic E-state index is 0.193. The predicted molar refractivity (Wildman–Crippen MR) is 74.3 cm³/mol. The van der Waals surface area contributed by atoms with E-state index in [0.717, 1.165) is 16.0 Å². The van der Waals surface area contributed by atoms with Crippen molar-refractivity contribution in [3.63, 3.8) is 0 Å². The van der Waals surface area contributed by atoms with Crippen molar-refractivity contribution < 1.29 is 8.78 Å². The smallest absolute Gasteiger partial charge is 0.313 e. The van der Waals surface area contributed by atoms with Crippen molar-refractivity contribution >= 4 is 5.69 Å². The fourth-order valence-electron chi connectivity index (χ4n) is 2.38. The number of nitrogens with one attached hydrogen (secondary N) is 1. The fraction of sp³-hybridized carbons (Fsp3) is 0.467. The number of hydrogen-bond donors (Lipinski definition) is 1. The van der Waals surface area contributed by atoms with Crippen molar-refractivity contribution in [2.75, 3.05) is 4.90 Å². The number of hydrogen-bond acceptors (Lipinski definition) is 2. The average Bonchev–Trinajstić information content (AvgIpc) is 2.67. The zero-order valence-electron chi connectivity index (χ0n) is 11.7. The summed E-state index contributed by atoms with van der Waals surface area (Å²) in [6, 6.07) is 5.79. The number of rotatable bonds is 3. The van der Waals surface area contributed by atoms with E-state index in [2.05, 4.69) is 5.32 Å². The van der Waals surface area contributed by atoms with E-state index in [-0.39, 0.29) is 11.8 Å². The third kappa shape index (κ3) is 2.44. The number of nitrogens with zero attached hydrogens (tertiary/aromatic N) is 1. The van der Waals surface area contributed by atoms with Gasteiger partial charge in [0.2, 0.25) is 0 Å². The molecule has 1 N–H and O–H groups in total. The first-order valence-electron chi connectivity index (χ1n) is 6.59. The lowest BCUT2D eigenvalue weighted by molar-refractivity contribution is -0.00659. The minimum Gasteiger partial charge on any atom is -0.313 e. The van der Waals surface area contributed by atoms with E-state index in [4.69, 9.17) is 0 Å². The molecule has 1 aromatic rings. The summed E-state index contributed by atoms with van der Waals surface area (Å²) in [5, 5.41) is 2.09. The molecule has 2 nitrogen and oxygen atoms in total. The van der Waals surface area contributed by atoms with Crippen LogP contribution in [0.1, 0.15) is 50.7 Å². The Hall–Kier alpha value is -1.58. The molecule has 0 fully saturated rings. The maximum absolute atomic E-state index is 13.9. The molecule has 0 unspecified atom stereocenters. The monoisotopic (exact) mass is 266 g/mol. The molecule has 0 aliphatic carbocycles. The summed E-state index contributed by atoms with van der Waals surface area (Å²) < 4.78 is 27.9. The van der Waals surface area contributed by atoms with E-state index >= 15 is 0 Å². The van der Waals surface area contributed by atoms with E-state index in [1.807, 2.05) is 45.9 Å². The summed E-state index contributed by atoms with van der Waals surface area (Å²) in [6.45, 7) is 8.09. The molecule has 0 saturated heterocycles. The van der Waals surface area contributed by atoms with Crippen LogP contribution in [0, 0.1) is 0 Å². The van der Waals surface area contributed by atoms with Crippen LogP contribution in [-0.2, 0) is 0 Å². The van der Waals surface area contributed by atoms with Gasteiger partial charge in [-0.25, -0.2) is 0 Å². The van der Waals surface area contributed by atoms with Gasteiger partial charge < -0.3 is 5.32 Å². The minimum atomic E-state index is -3.06. The van der Waals surface area contributed by atoms with Crippen LogP contribution < -0.4 is 10.2 Å². The van der Waals surface area contributed by atoms with Gasteiger partial charge in [-0.2, -0.15) is 8.78 Å². The topological polar surface area (TPSA) is 15.3 Å². The standard InChI is InChI=1S/C15H20F2N2/c1-10(2)12-6-5-7-13(11(3)4)14(12)19-9-8-18-15(19,16)17/h5-11,18H,1-4H3. The Balaban J connectivity index is 2.62. The Morgan fingerprint density at radius 2 is 1.58 bits per heavy atom. The lowest BCUT2D eigenvalue weighted by Crippen LogP contribution is -2.43. The average molecular weight is 266 g/mol. The molecule has 0 saturated carbocycles. The summed E-state index contributed by atoms with van der Waals surface area (Å²) in [5.74, 6) is 0.386. The first kappa shape index (κ1) is 13.8. The van der Waals surface area contributed by atoms with E-state index in [1.54, 1.807) is 0 Å². The summed E-state index contributed by atoms with van der Waals surface area (Å²) in [6.07, 6.45) is -0.358. The molecule has 0 atom stereocenters. The summed E-state index contributed by atoms with van der Waals surface area (Å²) in [4.78, 5) is 1.04. The maximum atomic E-state index is 13.9. The lowest BCUT2D eigenvalue weighted by Gasteiger charge is -2.30. The molecule has 1 aliphatic heterocycles. The van der Waals surface area contributed by atoms with E-state index < -0.39 is 6.17 Å². The van der Waals surface area contributed by atoms with Crippen LogP contribution in [0.5, 0.6) is 0 Å². The van der Waals surface area contributed by atoms with Crippen LogP contribution in [0.25, 0.3) is 0 Å². The van der Waals surface area contributed by atoms with Crippen molar-refractivity contribution in [1.82, 2.24) is 5.32 Å². The highest BCUT2D eigenvalue weighted by molar-refractivity contribution is 5.65. The summed E-state index contributed by atoms with van der Waals surface area (Å²) in [5.41, 5.74) is 2.51. The largest absolute Gasteiger partial charge is 0.415 e. The van der Waals surface area contributed by atoms with Crippen LogP contribution >= 0.6 is 0 Å². The third-order valence-electron chi connectivity index (χ3n) is 3.37. The molecule has 0 bridgehead atoms. The molecule has 4 heteroatoms. The molecule has 0 radical (unpaired) electrons.